The highest BCUT2D eigenvalue weighted by Crippen LogP contribution is 2.38. The standard InChI is InChI=1S/C16H11ClF3NO6/c1-8(15(22)23)26-14-7-10(3-4-12(14)21(24)25)27-13-5-2-9(6-11(13)17)16(18,19)20/h2-8H,1H3,(H,22,23)/p-1/t8-/m1/s1. The maximum absolute atomic E-state index is 12.7. The van der Waals surface area contributed by atoms with E-state index < -0.39 is 40.2 Å². The molecule has 144 valence electrons. The second-order valence-corrected chi connectivity index (χ2v) is 5.62. The lowest BCUT2D eigenvalue weighted by molar-refractivity contribution is -0.386. The van der Waals surface area contributed by atoms with Gasteiger partial charge in [-0.05, 0) is 31.2 Å². The third kappa shape index (κ3) is 5.00. The molecule has 0 spiro atoms. The summed E-state index contributed by atoms with van der Waals surface area (Å²) in [6, 6.07) is 5.57. The zero-order valence-electron chi connectivity index (χ0n) is 13.5. The number of hydrogen-bond donors (Lipinski definition) is 0. The van der Waals surface area contributed by atoms with Gasteiger partial charge in [0.05, 0.1) is 21.5 Å². The summed E-state index contributed by atoms with van der Waals surface area (Å²) in [6.07, 6.45) is -6.08. The molecule has 0 amide bonds. The van der Waals surface area contributed by atoms with E-state index in [1.165, 1.54) is 0 Å². The van der Waals surface area contributed by atoms with Gasteiger partial charge in [0.1, 0.15) is 17.6 Å². The van der Waals surface area contributed by atoms with Crippen molar-refractivity contribution in [2.24, 2.45) is 0 Å². The lowest BCUT2D eigenvalue weighted by Gasteiger charge is -2.16. The van der Waals surface area contributed by atoms with Gasteiger partial charge in [0.25, 0.3) is 0 Å². The van der Waals surface area contributed by atoms with Crippen LogP contribution in [-0.4, -0.2) is 17.0 Å². The molecule has 0 N–H and O–H groups in total. The van der Waals surface area contributed by atoms with Gasteiger partial charge in [-0.15, -0.1) is 0 Å². The number of carboxylic acid groups (broad SMARTS) is 1. The highest BCUT2D eigenvalue weighted by atomic mass is 35.5. The van der Waals surface area contributed by atoms with Gasteiger partial charge < -0.3 is 19.4 Å². The first-order chi connectivity index (χ1) is 12.5. The lowest BCUT2D eigenvalue weighted by Crippen LogP contribution is -2.37. The molecule has 11 heteroatoms. The second kappa shape index (κ2) is 7.70. The molecule has 7 nitrogen and oxygen atoms in total. The normalized spacial score (nSPS) is 12.3. The van der Waals surface area contributed by atoms with Crippen molar-refractivity contribution in [2.75, 3.05) is 0 Å². The van der Waals surface area contributed by atoms with Crippen LogP contribution in [0.15, 0.2) is 36.4 Å². The summed E-state index contributed by atoms with van der Waals surface area (Å²) < 4.78 is 48.3. The Hall–Kier alpha value is -3.01. The molecule has 0 aliphatic carbocycles. The summed E-state index contributed by atoms with van der Waals surface area (Å²) in [7, 11) is 0. The van der Waals surface area contributed by atoms with E-state index >= 15 is 0 Å². The van der Waals surface area contributed by atoms with Crippen molar-refractivity contribution < 1.29 is 37.5 Å². The van der Waals surface area contributed by atoms with Crippen molar-refractivity contribution in [3.8, 4) is 17.2 Å². The van der Waals surface area contributed by atoms with Crippen LogP contribution in [0.5, 0.6) is 17.2 Å². The number of carbonyl (C=O) groups excluding carboxylic acids is 1. The van der Waals surface area contributed by atoms with Crippen LogP contribution in [0, 0.1) is 10.1 Å². The highest BCUT2D eigenvalue weighted by molar-refractivity contribution is 6.32. The van der Waals surface area contributed by atoms with Crippen LogP contribution in [0.1, 0.15) is 12.5 Å². The van der Waals surface area contributed by atoms with Gasteiger partial charge in [0.15, 0.2) is 0 Å². The summed E-state index contributed by atoms with van der Waals surface area (Å²) in [5.74, 6) is -2.22. The molecule has 27 heavy (non-hydrogen) atoms. The molecule has 0 radical (unpaired) electrons. The molecule has 2 rings (SSSR count). The molecule has 0 aliphatic heterocycles. The topological polar surface area (TPSA) is 102 Å². The fraction of sp³-hybridized carbons (Fsp3) is 0.188. The molecule has 0 aliphatic rings. The molecule has 0 unspecified atom stereocenters. The summed E-state index contributed by atoms with van der Waals surface area (Å²) in [4.78, 5) is 21.0. The van der Waals surface area contributed by atoms with E-state index in [-0.39, 0.29) is 16.5 Å². The minimum atomic E-state index is -4.59. The first-order valence-corrected chi connectivity index (χ1v) is 7.57. The summed E-state index contributed by atoms with van der Waals surface area (Å²) in [5.41, 5.74) is -1.51. The van der Waals surface area contributed by atoms with Crippen LogP contribution >= 0.6 is 11.6 Å². The van der Waals surface area contributed by atoms with Gasteiger partial charge in [-0.3, -0.25) is 10.1 Å². The molecule has 0 fully saturated rings. The van der Waals surface area contributed by atoms with Gasteiger partial charge >= 0.3 is 11.9 Å². The Bertz CT molecular complexity index is 887. The van der Waals surface area contributed by atoms with E-state index in [4.69, 9.17) is 21.1 Å². The number of nitro groups is 1. The van der Waals surface area contributed by atoms with Crippen LogP contribution in [-0.2, 0) is 11.0 Å². The van der Waals surface area contributed by atoms with E-state index in [0.29, 0.717) is 6.07 Å². The van der Waals surface area contributed by atoms with Gasteiger partial charge in [-0.25, -0.2) is 0 Å². The van der Waals surface area contributed by atoms with E-state index in [0.717, 1.165) is 37.3 Å². The van der Waals surface area contributed by atoms with Crippen molar-refractivity contribution in [1.29, 1.82) is 0 Å². The Morgan fingerprint density at radius 3 is 2.37 bits per heavy atom. The predicted octanol–water partition coefficient (Wildman–Crippen LogP) is 3.58. The number of halogens is 4. The maximum Gasteiger partial charge on any atom is 0.416 e. The third-order valence-electron chi connectivity index (χ3n) is 3.25. The van der Waals surface area contributed by atoms with E-state index in [2.05, 4.69) is 0 Å². The Morgan fingerprint density at radius 1 is 1.19 bits per heavy atom. The van der Waals surface area contributed by atoms with Crippen LogP contribution < -0.4 is 14.6 Å². The van der Waals surface area contributed by atoms with Crippen LogP contribution in [0.3, 0.4) is 0 Å². The first-order valence-electron chi connectivity index (χ1n) is 7.19. The molecular weight excluding hydrogens is 395 g/mol. The SMILES string of the molecule is C[C@@H](Oc1cc(Oc2ccc(C(F)(F)F)cc2Cl)ccc1[N+](=O)[O-])C(=O)[O-]. The number of ether oxygens (including phenoxy) is 2. The number of nitro benzene ring substituents is 1. The van der Waals surface area contributed by atoms with Gasteiger partial charge in [-0.1, -0.05) is 11.6 Å². The molecule has 0 aromatic heterocycles. The smallest absolute Gasteiger partial charge is 0.416 e. The molecule has 0 bridgehead atoms. The number of nitrogens with zero attached hydrogens (tertiary/aromatic N) is 1. The fourth-order valence-corrected chi connectivity index (χ4v) is 2.15. The average Bonchev–Trinajstić information content (AvgIpc) is 2.55. The number of alkyl halides is 3. The minimum absolute atomic E-state index is 0.0668. The van der Waals surface area contributed by atoms with Crippen LogP contribution in [0.25, 0.3) is 0 Å². The monoisotopic (exact) mass is 404 g/mol. The largest absolute Gasteiger partial charge is 0.546 e. The van der Waals surface area contributed by atoms with Crippen LogP contribution in [0.2, 0.25) is 5.02 Å². The molecule has 0 saturated carbocycles. The van der Waals surface area contributed by atoms with Gasteiger partial charge in [0, 0.05) is 12.1 Å². The van der Waals surface area contributed by atoms with Gasteiger partial charge in [-0.2, -0.15) is 13.2 Å². The molecular formula is C16H10ClF3NO6-. The Balaban J connectivity index is 2.34. The molecule has 1 atom stereocenters. The van der Waals surface area contributed by atoms with Crippen molar-refractivity contribution in [1.82, 2.24) is 0 Å². The number of rotatable bonds is 6. The number of aliphatic carboxylic acids is 1. The quantitative estimate of drug-likeness (QED) is 0.538. The zero-order chi connectivity index (χ0) is 20.4. The van der Waals surface area contributed by atoms with E-state index in [1.54, 1.807) is 0 Å². The summed E-state index contributed by atoms with van der Waals surface area (Å²) in [5, 5.41) is 21.5. The Morgan fingerprint density at radius 2 is 1.85 bits per heavy atom. The predicted molar refractivity (Wildman–Crippen MR) is 84.7 cm³/mol. The number of carbonyl (C=O) groups is 1. The van der Waals surface area contributed by atoms with Gasteiger partial charge in [0.2, 0.25) is 5.75 Å². The molecule has 2 aromatic rings. The van der Waals surface area contributed by atoms with Crippen molar-refractivity contribution in [2.45, 2.75) is 19.2 Å². The van der Waals surface area contributed by atoms with E-state index in [9.17, 15) is 33.2 Å². The minimum Gasteiger partial charge on any atom is -0.546 e. The average molecular weight is 405 g/mol. The second-order valence-electron chi connectivity index (χ2n) is 5.21. The van der Waals surface area contributed by atoms with Crippen molar-refractivity contribution in [3.63, 3.8) is 0 Å². The van der Waals surface area contributed by atoms with Crippen molar-refractivity contribution >= 4 is 23.3 Å². The summed E-state index contributed by atoms with van der Waals surface area (Å²) >= 11 is 5.78. The van der Waals surface area contributed by atoms with E-state index in [1.807, 2.05) is 0 Å². The molecule has 2 aromatic carbocycles. The maximum atomic E-state index is 12.7. The fourth-order valence-electron chi connectivity index (χ4n) is 1.93. The van der Waals surface area contributed by atoms with Crippen molar-refractivity contribution in [3.05, 3.63) is 57.1 Å². The number of benzene rings is 2. The summed E-state index contributed by atoms with van der Waals surface area (Å²) in [6.45, 7) is 1.11. The highest BCUT2D eigenvalue weighted by Gasteiger charge is 2.31. The first kappa shape index (κ1) is 20.3. The lowest BCUT2D eigenvalue weighted by atomic mass is 10.2. The zero-order valence-corrected chi connectivity index (χ0v) is 14.2. The molecule has 0 heterocycles. The van der Waals surface area contributed by atoms with Crippen LogP contribution in [0.4, 0.5) is 18.9 Å². The number of carboxylic acids is 1. The number of hydrogen-bond acceptors (Lipinski definition) is 6. The Labute approximate surface area is 155 Å². The Kier molecular flexibility index (Phi) is 5.79. The third-order valence-corrected chi connectivity index (χ3v) is 3.55. The molecule has 0 saturated heterocycles.